The van der Waals surface area contributed by atoms with Gasteiger partial charge in [0.15, 0.2) is 0 Å². The summed E-state index contributed by atoms with van der Waals surface area (Å²) in [7, 11) is 0. The van der Waals surface area contributed by atoms with E-state index in [2.05, 4.69) is 37.5 Å². The number of rotatable bonds is 4. The number of nitrogens with zero attached hydrogens (tertiary/aromatic N) is 2. The molecule has 1 aromatic heterocycles. The van der Waals surface area contributed by atoms with Crippen LogP contribution < -0.4 is 5.32 Å². The van der Waals surface area contributed by atoms with Crippen molar-refractivity contribution in [2.75, 3.05) is 6.54 Å². The molecule has 0 saturated carbocycles. The highest BCUT2D eigenvalue weighted by atomic mass is 127. The van der Waals surface area contributed by atoms with Crippen LogP contribution in [0, 0.1) is 15.3 Å². The first-order valence-electron chi connectivity index (χ1n) is 8.25. The first kappa shape index (κ1) is 19.5. The number of nitrogens with one attached hydrogen (secondary N) is 1. The molecule has 0 amide bonds. The Morgan fingerprint density at radius 2 is 2.00 bits per heavy atom. The van der Waals surface area contributed by atoms with Crippen LogP contribution in [0.15, 0.2) is 12.1 Å². The van der Waals surface area contributed by atoms with Crippen LogP contribution >= 0.6 is 22.6 Å². The lowest BCUT2D eigenvalue weighted by Crippen LogP contribution is -2.34. The summed E-state index contributed by atoms with van der Waals surface area (Å²) in [4.78, 5) is 4.54. The lowest BCUT2D eigenvalue weighted by Gasteiger charge is -2.27. The van der Waals surface area contributed by atoms with Crippen molar-refractivity contribution in [2.45, 2.75) is 44.9 Å². The monoisotopic (exact) mass is 485 g/mol. The van der Waals surface area contributed by atoms with Crippen LogP contribution in [0.2, 0.25) is 0 Å². The molecule has 0 spiro atoms. The Labute approximate surface area is 161 Å². The van der Waals surface area contributed by atoms with Gasteiger partial charge in [0.25, 0.3) is 0 Å². The standard InChI is InChI=1S/C17H17F5IN3/c1-2-14-25-16(23)15-13(24-5-6-26(14)15)4-3-9-7-12(19)10(8-11(9)18)17(20,21)22/h7-8,13,24H,2-6H2,1H3. The number of alkyl halides is 3. The van der Waals surface area contributed by atoms with Crippen molar-refractivity contribution in [3.63, 3.8) is 0 Å². The lowest BCUT2D eigenvalue weighted by atomic mass is 10.00. The highest BCUT2D eigenvalue weighted by Crippen LogP contribution is 2.34. The molecule has 1 aromatic carbocycles. The van der Waals surface area contributed by atoms with Gasteiger partial charge >= 0.3 is 6.18 Å². The first-order valence-corrected chi connectivity index (χ1v) is 9.33. The van der Waals surface area contributed by atoms with Crippen molar-refractivity contribution in [3.05, 3.63) is 50.1 Å². The SMILES string of the molecule is CCc1nc(I)c2n1CCNC2CCc1cc(F)c(C(F)(F)F)cc1F. The Hall–Kier alpha value is -1.23. The molecule has 3 nitrogen and oxygen atoms in total. The van der Waals surface area contributed by atoms with Gasteiger partial charge < -0.3 is 9.88 Å². The second-order valence-electron chi connectivity index (χ2n) is 6.18. The van der Waals surface area contributed by atoms with Gasteiger partial charge in [-0.1, -0.05) is 6.92 Å². The molecule has 0 bridgehead atoms. The van der Waals surface area contributed by atoms with Gasteiger partial charge in [-0.15, -0.1) is 0 Å². The van der Waals surface area contributed by atoms with Gasteiger partial charge in [0.2, 0.25) is 0 Å². The summed E-state index contributed by atoms with van der Waals surface area (Å²) < 4.78 is 68.7. The number of imidazole rings is 1. The largest absolute Gasteiger partial charge is 0.419 e. The Bertz CT molecular complexity index is 816. The fraction of sp³-hybridized carbons (Fsp3) is 0.471. The number of hydrogen-bond donors (Lipinski definition) is 1. The molecule has 1 atom stereocenters. The number of aryl methyl sites for hydroxylation is 2. The van der Waals surface area contributed by atoms with Gasteiger partial charge in [0.05, 0.1) is 17.3 Å². The van der Waals surface area contributed by atoms with E-state index in [0.717, 1.165) is 34.7 Å². The number of fused-ring (bicyclic) bond motifs is 1. The predicted octanol–water partition coefficient (Wildman–Crippen LogP) is 4.62. The van der Waals surface area contributed by atoms with E-state index in [4.69, 9.17) is 0 Å². The molecule has 2 aromatic rings. The van der Waals surface area contributed by atoms with Crippen LogP contribution in [-0.2, 0) is 25.6 Å². The van der Waals surface area contributed by atoms with Crippen molar-refractivity contribution < 1.29 is 22.0 Å². The molecule has 0 aliphatic carbocycles. The highest BCUT2D eigenvalue weighted by molar-refractivity contribution is 14.1. The Morgan fingerprint density at radius 1 is 1.27 bits per heavy atom. The average Bonchev–Trinajstić information content (AvgIpc) is 2.91. The van der Waals surface area contributed by atoms with E-state index in [0.29, 0.717) is 12.5 Å². The van der Waals surface area contributed by atoms with Crippen LogP contribution in [-0.4, -0.2) is 16.1 Å². The minimum atomic E-state index is -4.91. The van der Waals surface area contributed by atoms with Crippen LogP contribution in [0.4, 0.5) is 22.0 Å². The molecular formula is C17H17F5IN3. The third-order valence-corrected chi connectivity index (χ3v) is 5.35. The Balaban J connectivity index is 1.81. The lowest BCUT2D eigenvalue weighted by molar-refractivity contribution is -0.140. The van der Waals surface area contributed by atoms with Gasteiger partial charge in [0, 0.05) is 19.5 Å². The Morgan fingerprint density at radius 3 is 2.65 bits per heavy atom. The summed E-state index contributed by atoms with van der Waals surface area (Å²) in [5.74, 6) is -1.51. The molecule has 1 aliphatic rings. The third-order valence-electron chi connectivity index (χ3n) is 4.56. The smallest absolute Gasteiger partial charge is 0.328 e. The molecule has 1 N–H and O–H groups in total. The second-order valence-corrected chi connectivity index (χ2v) is 7.20. The first-order chi connectivity index (χ1) is 12.2. The fourth-order valence-corrected chi connectivity index (χ4v) is 4.26. The van der Waals surface area contributed by atoms with Crippen molar-refractivity contribution in [3.8, 4) is 0 Å². The molecule has 1 aliphatic heterocycles. The minimum Gasteiger partial charge on any atom is -0.328 e. The van der Waals surface area contributed by atoms with Gasteiger partial charge in [0.1, 0.15) is 21.2 Å². The molecule has 0 fully saturated rings. The van der Waals surface area contributed by atoms with E-state index in [1.54, 1.807) is 0 Å². The van der Waals surface area contributed by atoms with Gasteiger partial charge in [-0.25, -0.2) is 13.8 Å². The molecule has 26 heavy (non-hydrogen) atoms. The van der Waals surface area contributed by atoms with E-state index in [-0.39, 0.29) is 24.1 Å². The molecule has 9 heteroatoms. The quantitative estimate of drug-likeness (QED) is 0.506. The topological polar surface area (TPSA) is 29.9 Å². The van der Waals surface area contributed by atoms with E-state index in [1.165, 1.54) is 0 Å². The second kappa shape index (κ2) is 7.41. The summed E-state index contributed by atoms with van der Waals surface area (Å²) in [6, 6.07) is 0.788. The maximum absolute atomic E-state index is 14.0. The molecule has 142 valence electrons. The number of halogens is 6. The zero-order chi connectivity index (χ0) is 19.1. The van der Waals surface area contributed by atoms with E-state index in [9.17, 15) is 22.0 Å². The zero-order valence-electron chi connectivity index (χ0n) is 13.9. The van der Waals surface area contributed by atoms with Crippen LogP contribution in [0.5, 0.6) is 0 Å². The molecule has 0 radical (unpaired) electrons. The summed E-state index contributed by atoms with van der Waals surface area (Å²) >= 11 is 2.15. The van der Waals surface area contributed by atoms with Crippen LogP contribution in [0.25, 0.3) is 0 Å². The minimum absolute atomic E-state index is 0.0559. The zero-order valence-corrected chi connectivity index (χ0v) is 16.1. The molecule has 0 saturated heterocycles. The van der Waals surface area contributed by atoms with E-state index < -0.39 is 23.4 Å². The number of hydrogen-bond acceptors (Lipinski definition) is 2. The van der Waals surface area contributed by atoms with E-state index in [1.807, 2.05) is 6.92 Å². The van der Waals surface area contributed by atoms with Crippen molar-refractivity contribution >= 4 is 22.6 Å². The summed E-state index contributed by atoms with van der Waals surface area (Å²) in [6.45, 7) is 3.53. The Kier molecular flexibility index (Phi) is 5.57. The highest BCUT2D eigenvalue weighted by Gasteiger charge is 2.35. The summed E-state index contributed by atoms with van der Waals surface area (Å²) in [6.07, 6.45) is -3.55. The molecular weight excluding hydrogens is 468 g/mol. The number of aromatic nitrogens is 2. The molecule has 2 heterocycles. The number of benzene rings is 1. The summed E-state index contributed by atoms with van der Waals surface area (Å²) in [5.41, 5.74) is -0.629. The van der Waals surface area contributed by atoms with Gasteiger partial charge in [-0.05, 0) is 53.1 Å². The molecule has 3 rings (SSSR count). The maximum Gasteiger partial charge on any atom is 0.419 e. The van der Waals surface area contributed by atoms with Crippen molar-refractivity contribution in [1.29, 1.82) is 0 Å². The van der Waals surface area contributed by atoms with Crippen molar-refractivity contribution in [2.24, 2.45) is 0 Å². The van der Waals surface area contributed by atoms with E-state index >= 15 is 0 Å². The summed E-state index contributed by atoms with van der Waals surface area (Å²) in [5, 5.41) is 3.33. The maximum atomic E-state index is 14.0. The van der Waals surface area contributed by atoms with Gasteiger partial charge in [-0.3, -0.25) is 0 Å². The third kappa shape index (κ3) is 3.73. The predicted molar refractivity (Wildman–Crippen MR) is 94.7 cm³/mol. The average molecular weight is 485 g/mol. The van der Waals surface area contributed by atoms with Crippen molar-refractivity contribution in [1.82, 2.24) is 14.9 Å². The van der Waals surface area contributed by atoms with Crippen LogP contribution in [0.3, 0.4) is 0 Å². The fourth-order valence-electron chi connectivity index (χ4n) is 3.32. The normalized spacial score (nSPS) is 17.4. The van der Waals surface area contributed by atoms with Gasteiger partial charge in [-0.2, -0.15) is 13.2 Å². The van der Waals surface area contributed by atoms with Crippen LogP contribution in [0.1, 0.15) is 42.0 Å². The molecule has 1 unspecified atom stereocenters.